The standard InChI is InChI=1S/C21H25N7O/c1-13-8-14(9-15-12-27(2)7-4-16(13)15)17-10-24-19(22)20(26-17)29-18-11-25-21-23-5-3-6-28(18)21/h8-11H,3-7,12H2,1-2H3,(H2,22,24)(H,23,25). The van der Waals surface area contributed by atoms with Gasteiger partial charge in [-0.05, 0) is 55.6 Å². The maximum Gasteiger partial charge on any atom is 0.264 e. The van der Waals surface area contributed by atoms with Crippen LogP contribution in [-0.2, 0) is 19.5 Å². The van der Waals surface area contributed by atoms with Gasteiger partial charge in [0.05, 0.1) is 18.1 Å². The minimum atomic E-state index is 0.266. The van der Waals surface area contributed by atoms with E-state index in [1.165, 1.54) is 16.7 Å². The molecule has 29 heavy (non-hydrogen) atoms. The average molecular weight is 391 g/mol. The number of hydrogen-bond acceptors (Lipinski definition) is 7. The molecule has 0 amide bonds. The number of hydrogen-bond donors (Lipinski definition) is 2. The molecule has 0 aliphatic carbocycles. The summed E-state index contributed by atoms with van der Waals surface area (Å²) >= 11 is 0. The van der Waals surface area contributed by atoms with Crippen molar-refractivity contribution in [1.82, 2.24) is 24.4 Å². The highest BCUT2D eigenvalue weighted by atomic mass is 16.5. The molecule has 0 atom stereocenters. The predicted molar refractivity (Wildman–Crippen MR) is 112 cm³/mol. The first-order valence-electron chi connectivity index (χ1n) is 9.99. The Hall–Kier alpha value is -3.13. The number of benzene rings is 1. The summed E-state index contributed by atoms with van der Waals surface area (Å²) < 4.78 is 8.02. The minimum Gasteiger partial charge on any atom is -0.417 e. The van der Waals surface area contributed by atoms with Crippen molar-refractivity contribution >= 4 is 11.8 Å². The average Bonchev–Trinajstić information content (AvgIpc) is 3.12. The lowest BCUT2D eigenvalue weighted by Crippen LogP contribution is -2.27. The third kappa shape index (κ3) is 3.29. The Bertz CT molecular complexity index is 1080. The number of aromatic nitrogens is 4. The van der Waals surface area contributed by atoms with E-state index in [0.717, 1.165) is 56.2 Å². The van der Waals surface area contributed by atoms with Gasteiger partial charge in [-0.2, -0.15) is 0 Å². The number of likely N-dealkylation sites (N-methyl/N-ethyl adjacent to an activating group) is 1. The molecule has 5 rings (SSSR count). The highest BCUT2D eigenvalue weighted by Crippen LogP contribution is 2.32. The van der Waals surface area contributed by atoms with Gasteiger partial charge in [0.25, 0.3) is 5.88 Å². The van der Waals surface area contributed by atoms with Crippen molar-refractivity contribution in [1.29, 1.82) is 0 Å². The zero-order chi connectivity index (χ0) is 20.0. The molecule has 2 aliphatic heterocycles. The molecule has 1 aromatic carbocycles. The molecule has 8 heteroatoms. The Balaban J connectivity index is 1.49. The van der Waals surface area contributed by atoms with E-state index in [2.05, 4.69) is 46.3 Å². The van der Waals surface area contributed by atoms with Crippen LogP contribution in [0.15, 0.2) is 24.5 Å². The summed E-state index contributed by atoms with van der Waals surface area (Å²) in [4.78, 5) is 15.7. The lowest BCUT2D eigenvalue weighted by Gasteiger charge is -2.27. The number of nitrogens with zero attached hydrogens (tertiary/aromatic N) is 5. The van der Waals surface area contributed by atoms with Crippen LogP contribution in [0, 0.1) is 6.92 Å². The van der Waals surface area contributed by atoms with Crippen LogP contribution in [0.2, 0.25) is 0 Å². The first-order chi connectivity index (χ1) is 14.1. The molecule has 0 spiro atoms. The predicted octanol–water partition coefficient (Wildman–Crippen LogP) is 2.83. The third-order valence-electron chi connectivity index (χ3n) is 5.67. The van der Waals surface area contributed by atoms with Crippen LogP contribution in [-0.4, -0.2) is 44.6 Å². The van der Waals surface area contributed by atoms with Gasteiger partial charge in [-0.3, -0.25) is 4.57 Å². The van der Waals surface area contributed by atoms with Crippen molar-refractivity contribution in [3.63, 3.8) is 0 Å². The molecular formula is C21H25N7O. The maximum atomic E-state index is 6.07. The summed E-state index contributed by atoms with van der Waals surface area (Å²) in [7, 11) is 2.15. The number of rotatable bonds is 3. The zero-order valence-corrected chi connectivity index (χ0v) is 16.8. The van der Waals surface area contributed by atoms with E-state index >= 15 is 0 Å². The minimum absolute atomic E-state index is 0.266. The SMILES string of the molecule is Cc1cc(-c2cnc(N)c(Oc3cnc4n3CCCN4)n2)cc2c1CCN(C)C2. The molecule has 0 unspecified atom stereocenters. The van der Waals surface area contributed by atoms with E-state index < -0.39 is 0 Å². The van der Waals surface area contributed by atoms with E-state index in [4.69, 9.17) is 15.5 Å². The van der Waals surface area contributed by atoms with Gasteiger partial charge in [-0.25, -0.2) is 15.0 Å². The van der Waals surface area contributed by atoms with Crippen LogP contribution in [0.1, 0.15) is 23.1 Å². The molecule has 3 aromatic rings. The molecule has 2 aromatic heterocycles. The summed E-state index contributed by atoms with van der Waals surface area (Å²) in [6.45, 7) is 5.98. The Morgan fingerprint density at radius 3 is 2.97 bits per heavy atom. The molecule has 150 valence electrons. The topological polar surface area (TPSA) is 94.1 Å². The van der Waals surface area contributed by atoms with E-state index in [0.29, 0.717) is 11.8 Å². The quantitative estimate of drug-likeness (QED) is 0.709. The molecular weight excluding hydrogens is 366 g/mol. The molecule has 8 nitrogen and oxygen atoms in total. The van der Waals surface area contributed by atoms with Crippen molar-refractivity contribution in [3.8, 4) is 23.0 Å². The first-order valence-corrected chi connectivity index (χ1v) is 9.99. The number of anilines is 2. The lowest BCUT2D eigenvalue weighted by molar-refractivity contribution is 0.312. The van der Waals surface area contributed by atoms with Crippen molar-refractivity contribution < 1.29 is 4.74 Å². The number of ether oxygens (including phenoxy) is 1. The number of nitrogen functional groups attached to an aromatic ring is 1. The summed E-state index contributed by atoms with van der Waals surface area (Å²) in [5, 5.41) is 3.26. The molecule has 2 aliphatic rings. The fourth-order valence-electron chi connectivity index (χ4n) is 4.14. The van der Waals surface area contributed by atoms with Crippen molar-refractivity contribution in [2.75, 3.05) is 31.2 Å². The molecule has 0 saturated heterocycles. The van der Waals surface area contributed by atoms with Gasteiger partial charge in [-0.15, -0.1) is 0 Å². The number of imidazole rings is 1. The van der Waals surface area contributed by atoms with Crippen molar-refractivity contribution in [2.24, 2.45) is 0 Å². The lowest BCUT2D eigenvalue weighted by atomic mass is 9.92. The molecule has 3 N–H and O–H groups in total. The molecule has 4 heterocycles. The maximum absolute atomic E-state index is 6.07. The van der Waals surface area contributed by atoms with Gasteiger partial charge in [-0.1, -0.05) is 0 Å². The van der Waals surface area contributed by atoms with Crippen LogP contribution < -0.4 is 15.8 Å². The molecule has 0 radical (unpaired) electrons. The van der Waals surface area contributed by atoms with Gasteiger partial charge < -0.3 is 20.7 Å². The van der Waals surface area contributed by atoms with Crippen LogP contribution >= 0.6 is 0 Å². The summed E-state index contributed by atoms with van der Waals surface area (Å²) in [6.07, 6.45) is 5.51. The number of nitrogens with one attached hydrogen (secondary N) is 1. The Morgan fingerprint density at radius 1 is 1.17 bits per heavy atom. The monoisotopic (exact) mass is 391 g/mol. The van der Waals surface area contributed by atoms with Crippen LogP contribution in [0.25, 0.3) is 11.3 Å². The summed E-state index contributed by atoms with van der Waals surface area (Å²) in [6, 6.07) is 4.39. The van der Waals surface area contributed by atoms with E-state index in [1.54, 1.807) is 12.4 Å². The number of nitrogens with two attached hydrogens (primary N) is 1. The van der Waals surface area contributed by atoms with Gasteiger partial charge in [0.2, 0.25) is 11.8 Å². The normalized spacial score (nSPS) is 16.1. The fraction of sp³-hybridized carbons (Fsp3) is 0.381. The van der Waals surface area contributed by atoms with Crippen LogP contribution in [0.3, 0.4) is 0 Å². The molecule has 0 fully saturated rings. The second-order valence-electron chi connectivity index (χ2n) is 7.82. The van der Waals surface area contributed by atoms with E-state index in [1.807, 2.05) is 4.57 Å². The van der Waals surface area contributed by atoms with Crippen LogP contribution in [0.5, 0.6) is 11.8 Å². The van der Waals surface area contributed by atoms with E-state index in [-0.39, 0.29) is 5.82 Å². The van der Waals surface area contributed by atoms with E-state index in [9.17, 15) is 0 Å². The highest BCUT2D eigenvalue weighted by molar-refractivity contribution is 5.64. The van der Waals surface area contributed by atoms with Crippen molar-refractivity contribution in [3.05, 3.63) is 41.2 Å². The second-order valence-corrected chi connectivity index (χ2v) is 7.82. The fourth-order valence-corrected chi connectivity index (χ4v) is 4.14. The molecule has 0 saturated carbocycles. The van der Waals surface area contributed by atoms with Gasteiger partial charge in [0.15, 0.2) is 5.82 Å². The van der Waals surface area contributed by atoms with Crippen molar-refractivity contribution in [2.45, 2.75) is 32.9 Å². The largest absolute Gasteiger partial charge is 0.417 e. The van der Waals surface area contributed by atoms with Gasteiger partial charge in [0, 0.05) is 31.7 Å². The number of fused-ring (bicyclic) bond motifs is 2. The first kappa shape index (κ1) is 17.9. The smallest absolute Gasteiger partial charge is 0.264 e. The zero-order valence-electron chi connectivity index (χ0n) is 16.8. The Labute approximate surface area is 169 Å². The second kappa shape index (κ2) is 7.04. The Kier molecular flexibility index (Phi) is 4.35. The van der Waals surface area contributed by atoms with Gasteiger partial charge >= 0.3 is 0 Å². The highest BCUT2D eigenvalue weighted by Gasteiger charge is 2.19. The van der Waals surface area contributed by atoms with Gasteiger partial charge in [0.1, 0.15) is 0 Å². The Morgan fingerprint density at radius 2 is 2.07 bits per heavy atom. The molecule has 0 bridgehead atoms. The summed E-state index contributed by atoms with van der Waals surface area (Å²) in [5.74, 6) is 2.00. The third-order valence-corrected chi connectivity index (χ3v) is 5.67. The number of aryl methyl sites for hydroxylation is 1. The van der Waals surface area contributed by atoms with Crippen LogP contribution in [0.4, 0.5) is 11.8 Å². The summed E-state index contributed by atoms with van der Waals surface area (Å²) in [5.41, 5.74) is 12.0.